The van der Waals surface area contributed by atoms with Gasteiger partial charge in [0, 0.05) is 62.5 Å². The van der Waals surface area contributed by atoms with Crippen molar-refractivity contribution < 1.29 is 9.53 Å². The molecule has 202 valence electrons. The van der Waals surface area contributed by atoms with Gasteiger partial charge in [-0.25, -0.2) is 4.98 Å². The minimum Gasteiger partial charge on any atom is -0.381 e. The van der Waals surface area contributed by atoms with Gasteiger partial charge in [0.2, 0.25) is 5.91 Å². The zero-order chi connectivity index (χ0) is 26.8. The third-order valence-electron chi connectivity index (χ3n) is 8.31. The van der Waals surface area contributed by atoms with Crippen molar-refractivity contribution in [3.8, 4) is 22.4 Å². The van der Waals surface area contributed by atoms with E-state index in [0.717, 1.165) is 86.6 Å². The summed E-state index contributed by atoms with van der Waals surface area (Å²) in [6.07, 6.45) is 6.38. The van der Waals surface area contributed by atoms with Gasteiger partial charge in [-0.15, -0.1) is 0 Å². The van der Waals surface area contributed by atoms with E-state index in [1.54, 1.807) is 7.11 Å². The zero-order valence-electron chi connectivity index (χ0n) is 22.4. The van der Waals surface area contributed by atoms with E-state index in [1.165, 1.54) is 5.56 Å². The van der Waals surface area contributed by atoms with Crippen LogP contribution in [-0.4, -0.2) is 64.5 Å². The topological polar surface area (TPSA) is 50.1 Å². The number of pyridine rings is 1. The van der Waals surface area contributed by atoms with Crippen molar-refractivity contribution in [2.45, 2.75) is 38.3 Å². The number of methoxy groups -OCH3 is 1. The molecule has 0 N–H and O–H groups in total. The monoisotopic (exact) mass is 542 g/mol. The van der Waals surface area contributed by atoms with Crippen LogP contribution in [0.5, 0.6) is 0 Å². The Hall–Kier alpha value is -3.19. The Bertz CT molecular complexity index is 1430. The molecule has 2 atom stereocenters. The first-order valence-corrected chi connectivity index (χ1v) is 14.3. The summed E-state index contributed by atoms with van der Waals surface area (Å²) in [7, 11) is 1.76. The minimum absolute atomic E-state index is 0.0990. The third-order valence-corrected chi connectivity index (χ3v) is 8.56. The molecule has 2 aliphatic rings. The molecule has 0 radical (unpaired) electrons. The van der Waals surface area contributed by atoms with E-state index in [-0.39, 0.29) is 12.0 Å². The van der Waals surface area contributed by atoms with Crippen LogP contribution >= 0.6 is 11.6 Å². The average molecular weight is 543 g/mol. The lowest BCUT2D eigenvalue weighted by atomic mass is 9.86. The second-order valence-electron chi connectivity index (χ2n) is 10.7. The van der Waals surface area contributed by atoms with Gasteiger partial charge in [-0.05, 0) is 54.7 Å². The number of hydrogen-bond donors (Lipinski definition) is 0. The Morgan fingerprint density at radius 3 is 2.41 bits per heavy atom. The highest BCUT2D eigenvalue weighted by atomic mass is 35.5. The van der Waals surface area contributed by atoms with Crippen LogP contribution in [0.25, 0.3) is 28.0 Å². The summed E-state index contributed by atoms with van der Waals surface area (Å²) in [5.41, 5.74) is 6.44. The molecule has 1 saturated heterocycles. The van der Waals surface area contributed by atoms with E-state index in [4.69, 9.17) is 21.3 Å². The Morgan fingerprint density at radius 1 is 0.923 bits per heavy atom. The smallest absolute Gasteiger partial charge is 0.225 e. The molecule has 4 aromatic rings. The molecule has 1 aliphatic carbocycles. The quantitative estimate of drug-likeness (QED) is 0.292. The summed E-state index contributed by atoms with van der Waals surface area (Å²) in [5, 5.41) is 0.714. The van der Waals surface area contributed by atoms with Crippen LogP contribution in [0.2, 0.25) is 5.02 Å². The fraction of sp³-hybridized carbons (Fsp3) is 0.375. The number of benzene rings is 2. The van der Waals surface area contributed by atoms with Gasteiger partial charge >= 0.3 is 0 Å². The fourth-order valence-electron chi connectivity index (χ4n) is 6.06. The van der Waals surface area contributed by atoms with Crippen LogP contribution in [-0.2, 0) is 16.1 Å². The van der Waals surface area contributed by atoms with Crippen molar-refractivity contribution in [1.82, 2.24) is 19.2 Å². The standard InChI is InChI=1S/C32H35ClN4O2/c1-39-28-9-5-8-25(20-28)32(38)36-18-16-35(17-19-36)22-29-31(24-10-13-27(33)14-11-24)34-30-15-12-26(21-37(29)30)23-6-3-2-4-7-23/h2-4,6-7,10-15,21,25,28H,5,8-9,16-20,22H2,1H3/t25-,28-/m1/s1. The summed E-state index contributed by atoms with van der Waals surface area (Å²) in [4.78, 5) is 22.8. The molecule has 1 amide bonds. The molecular formula is C32H35ClN4O2. The number of imidazole rings is 1. The normalized spacial score (nSPS) is 20.4. The molecule has 1 saturated carbocycles. The molecule has 39 heavy (non-hydrogen) atoms. The summed E-state index contributed by atoms with van der Waals surface area (Å²) >= 11 is 6.20. The van der Waals surface area contributed by atoms with Crippen LogP contribution in [0, 0.1) is 5.92 Å². The SMILES string of the molecule is CO[C@@H]1CCC[C@@H](C(=O)N2CCN(Cc3c(-c4ccc(Cl)cc4)nc4ccc(-c5ccccc5)cn34)CC2)C1. The first-order valence-electron chi connectivity index (χ1n) is 14.0. The van der Waals surface area contributed by atoms with Crippen LogP contribution < -0.4 is 0 Å². The summed E-state index contributed by atoms with van der Waals surface area (Å²) in [5.74, 6) is 0.405. The van der Waals surface area contributed by atoms with E-state index < -0.39 is 0 Å². The maximum absolute atomic E-state index is 13.3. The van der Waals surface area contributed by atoms with Crippen LogP contribution in [0.3, 0.4) is 0 Å². The van der Waals surface area contributed by atoms with E-state index in [1.807, 2.05) is 30.3 Å². The van der Waals surface area contributed by atoms with E-state index in [9.17, 15) is 4.79 Å². The number of piperazine rings is 1. The van der Waals surface area contributed by atoms with Crippen molar-refractivity contribution >= 4 is 23.2 Å². The predicted octanol–water partition coefficient (Wildman–Crippen LogP) is 6.17. The van der Waals surface area contributed by atoms with Gasteiger partial charge in [0.25, 0.3) is 0 Å². The maximum atomic E-state index is 13.3. The molecule has 6 rings (SSSR count). The highest BCUT2D eigenvalue weighted by Gasteiger charge is 2.32. The number of rotatable bonds is 6. The van der Waals surface area contributed by atoms with Gasteiger partial charge in [-0.3, -0.25) is 9.69 Å². The Labute approximate surface area is 235 Å². The molecule has 2 aromatic heterocycles. The number of aromatic nitrogens is 2. The number of fused-ring (bicyclic) bond motifs is 1. The van der Waals surface area contributed by atoms with Gasteiger partial charge in [0.15, 0.2) is 0 Å². The van der Waals surface area contributed by atoms with Crippen LogP contribution in [0.4, 0.5) is 0 Å². The van der Waals surface area contributed by atoms with Crippen LogP contribution in [0.15, 0.2) is 72.9 Å². The van der Waals surface area contributed by atoms with Gasteiger partial charge in [0.05, 0.1) is 17.5 Å². The first-order chi connectivity index (χ1) is 19.1. The number of carbonyl (C=O) groups excluding carboxylic acids is 1. The first kappa shape index (κ1) is 26.1. The van der Waals surface area contributed by atoms with Crippen molar-refractivity contribution in [3.63, 3.8) is 0 Å². The second-order valence-corrected chi connectivity index (χ2v) is 11.2. The second kappa shape index (κ2) is 11.5. The number of hydrogen-bond acceptors (Lipinski definition) is 4. The number of carbonyl (C=O) groups is 1. The average Bonchev–Trinajstić information content (AvgIpc) is 3.35. The summed E-state index contributed by atoms with van der Waals surface area (Å²) in [6.45, 7) is 3.97. The van der Waals surface area contributed by atoms with Gasteiger partial charge in [0.1, 0.15) is 5.65 Å². The largest absolute Gasteiger partial charge is 0.381 e. The molecule has 2 fully saturated rings. The highest BCUT2D eigenvalue weighted by molar-refractivity contribution is 6.30. The van der Waals surface area contributed by atoms with Crippen LogP contribution in [0.1, 0.15) is 31.4 Å². The van der Waals surface area contributed by atoms with Gasteiger partial charge in [-0.1, -0.05) is 60.5 Å². The molecule has 0 unspecified atom stereocenters. The lowest BCUT2D eigenvalue weighted by Crippen LogP contribution is -2.50. The highest BCUT2D eigenvalue weighted by Crippen LogP contribution is 2.31. The predicted molar refractivity (Wildman–Crippen MR) is 156 cm³/mol. The van der Waals surface area contributed by atoms with Crippen molar-refractivity contribution in [2.75, 3.05) is 33.3 Å². The van der Waals surface area contributed by atoms with Gasteiger partial charge < -0.3 is 14.0 Å². The molecule has 0 spiro atoms. The number of nitrogens with zero attached hydrogens (tertiary/aromatic N) is 4. The van der Waals surface area contributed by atoms with Crippen molar-refractivity contribution in [2.24, 2.45) is 5.92 Å². The molecule has 0 bridgehead atoms. The fourth-order valence-corrected chi connectivity index (χ4v) is 6.19. The number of ether oxygens (including phenoxy) is 1. The lowest BCUT2D eigenvalue weighted by molar-refractivity contribution is -0.140. The molecule has 7 heteroatoms. The van der Waals surface area contributed by atoms with Gasteiger partial charge in [-0.2, -0.15) is 0 Å². The Balaban J connectivity index is 1.24. The number of amides is 1. The summed E-state index contributed by atoms with van der Waals surface area (Å²) in [6, 6.07) is 22.6. The maximum Gasteiger partial charge on any atom is 0.225 e. The number of halogens is 1. The molecule has 3 heterocycles. The Kier molecular flexibility index (Phi) is 7.69. The molecule has 6 nitrogen and oxygen atoms in total. The third kappa shape index (κ3) is 5.60. The molecule has 2 aromatic carbocycles. The zero-order valence-corrected chi connectivity index (χ0v) is 23.2. The molecule has 1 aliphatic heterocycles. The van der Waals surface area contributed by atoms with E-state index in [2.05, 4.69) is 56.8 Å². The van der Waals surface area contributed by atoms with E-state index >= 15 is 0 Å². The molecular weight excluding hydrogens is 508 g/mol. The minimum atomic E-state index is 0.0990. The lowest BCUT2D eigenvalue weighted by Gasteiger charge is -2.38. The summed E-state index contributed by atoms with van der Waals surface area (Å²) < 4.78 is 7.80. The van der Waals surface area contributed by atoms with Crippen molar-refractivity contribution in [3.05, 3.63) is 83.6 Å². The van der Waals surface area contributed by atoms with E-state index in [0.29, 0.717) is 10.9 Å². The Morgan fingerprint density at radius 2 is 1.67 bits per heavy atom. The van der Waals surface area contributed by atoms with Crippen molar-refractivity contribution in [1.29, 1.82) is 0 Å².